The maximum Gasteiger partial charge on any atom is 0.302 e. The van der Waals surface area contributed by atoms with Crippen molar-refractivity contribution in [2.24, 2.45) is 17.3 Å². The zero-order chi connectivity index (χ0) is 18.8. The number of carbonyl (C=O) groups excluding carboxylic acids is 2. The molecule has 2 aliphatic rings. The van der Waals surface area contributed by atoms with Gasteiger partial charge in [0.15, 0.2) is 0 Å². The third-order valence-corrected chi connectivity index (χ3v) is 6.01. The molecule has 25 heavy (non-hydrogen) atoms. The Hall–Kier alpha value is -1.64. The Morgan fingerprint density at radius 3 is 2.32 bits per heavy atom. The molecular formula is C22H32O3. The number of hydrogen-bond donors (Lipinski definition) is 0. The Labute approximate surface area is 152 Å². The average molecular weight is 344 g/mol. The predicted molar refractivity (Wildman–Crippen MR) is 101 cm³/mol. The highest BCUT2D eigenvalue weighted by Gasteiger charge is 2.50. The van der Waals surface area contributed by atoms with E-state index in [1.165, 1.54) is 18.1 Å². The molecule has 0 aliphatic heterocycles. The van der Waals surface area contributed by atoms with Gasteiger partial charge < -0.3 is 4.74 Å². The predicted octanol–water partition coefficient (Wildman–Crippen LogP) is 5.17. The summed E-state index contributed by atoms with van der Waals surface area (Å²) in [6.45, 7) is 13.9. The second-order valence-electron chi connectivity index (χ2n) is 8.28. The summed E-state index contributed by atoms with van der Waals surface area (Å²) >= 11 is 0. The van der Waals surface area contributed by atoms with Crippen LogP contribution in [0.4, 0.5) is 0 Å². The van der Waals surface area contributed by atoms with E-state index in [9.17, 15) is 9.59 Å². The van der Waals surface area contributed by atoms with Crippen LogP contribution in [0.5, 0.6) is 0 Å². The zero-order valence-electron chi connectivity index (χ0n) is 16.4. The van der Waals surface area contributed by atoms with Crippen LogP contribution in [0.3, 0.4) is 0 Å². The van der Waals surface area contributed by atoms with Gasteiger partial charge in [0.2, 0.25) is 0 Å². The van der Waals surface area contributed by atoms with Gasteiger partial charge in [0.25, 0.3) is 0 Å². The fourth-order valence-corrected chi connectivity index (χ4v) is 4.42. The molecule has 1 saturated carbocycles. The molecule has 0 aromatic carbocycles. The van der Waals surface area contributed by atoms with Crippen LogP contribution in [-0.4, -0.2) is 17.9 Å². The summed E-state index contributed by atoms with van der Waals surface area (Å²) in [5.74, 6) is 0.681. The van der Waals surface area contributed by atoms with Crippen molar-refractivity contribution in [3.05, 3.63) is 35.5 Å². The van der Waals surface area contributed by atoms with Gasteiger partial charge in [0, 0.05) is 31.6 Å². The van der Waals surface area contributed by atoms with Gasteiger partial charge in [-0.25, -0.2) is 0 Å². The van der Waals surface area contributed by atoms with E-state index < -0.39 is 0 Å². The van der Waals surface area contributed by atoms with Crippen LogP contribution in [0.1, 0.15) is 66.7 Å². The Morgan fingerprint density at radius 2 is 1.76 bits per heavy atom. The van der Waals surface area contributed by atoms with Crippen molar-refractivity contribution >= 4 is 11.8 Å². The molecular weight excluding hydrogens is 312 g/mol. The molecule has 138 valence electrons. The third-order valence-electron chi connectivity index (χ3n) is 6.01. The first kappa shape index (κ1) is 19.7. The summed E-state index contributed by atoms with van der Waals surface area (Å²) in [6.07, 6.45) is 8.04. The zero-order valence-corrected chi connectivity index (χ0v) is 16.4. The van der Waals surface area contributed by atoms with Crippen molar-refractivity contribution in [3.63, 3.8) is 0 Å². The summed E-state index contributed by atoms with van der Waals surface area (Å²) in [5, 5.41) is 0. The van der Waals surface area contributed by atoms with Crippen molar-refractivity contribution in [1.82, 2.24) is 0 Å². The maximum atomic E-state index is 12.8. The standard InChI is InChI=1S/C22H32O3/c1-14(2)19-13-21(24)22(6)10-9-16(4)12-18(25-17(5)23)11-15(3)7-8-20(19)22/h7,9,18-20H,1,8,10-13H2,2-6H3/b15-7+,16-9+/t18-,19-,20+,22-/m1/s1. The number of carbonyl (C=O) groups is 2. The monoisotopic (exact) mass is 344 g/mol. The van der Waals surface area contributed by atoms with E-state index in [1.807, 2.05) is 6.92 Å². The lowest BCUT2D eigenvalue weighted by Crippen LogP contribution is -2.30. The van der Waals surface area contributed by atoms with Gasteiger partial charge in [0.1, 0.15) is 11.9 Å². The minimum absolute atomic E-state index is 0.122. The Morgan fingerprint density at radius 1 is 1.16 bits per heavy atom. The molecule has 0 N–H and O–H groups in total. The number of ether oxygens (including phenoxy) is 1. The minimum atomic E-state index is -0.330. The highest BCUT2D eigenvalue weighted by Crippen LogP contribution is 2.51. The van der Waals surface area contributed by atoms with Crippen LogP contribution in [0, 0.1) is 17.3 Å². The highest BCUT2D eigenvalue weighted by atomic mass is 16.5. The number of ketones is 1. The molecule has 4 atom stereocenters. The van der Waals surface area contributed by atoms with Crippen LogP contribution >= 0.6 is 0 Å². The molecule has 0 bridgehead atoms. The molecule has 2 rings (SSSR count). The highest BCUT2D eigenvalue weighted by molar-refractivity contribution is 5.88. The summed E-state index contributed by atoms with van der Waals surface area (Å²) in [7, 11) is 0. The Bertz CT molecular complexity index is 625. The molecule has 0 unspecified atom stereocenters. The van der Waals surface area contributed by atoms with E-state index in [2.05, 4.69) is 39.5 Å². The number of Topliss-reactive ketones (excluding diaryl/α,β-unsaturated/α-hetero) is 1. The van der Waals surface area contributed by atoms with Crippen LogP contribution < -0.4 is 0 Å². The lowest BCUT2D eigenvalue weighted by Gasteiger charge is -2.32. The number of rotatable bonds is 2. The van der Waals surface area contributed by atoms with Crippen molar-refractivity contribution in [3.8, 4) is 0 Å². The lowest BCUT2D eigenvalue weighted by molar-refractivity contribution is -0.146. The first-order valence-corrected chi connectivity index (χ1v) is 9.30. The quantitative estimate of drug-likeness (QED) is 0.512. The topological polar surface area (TPSA) is 43.4 Å². The van der Waals surface area contributed by atoms with Gasteiger partial charge >= 0.3 is 5.97 Å². The van der Waals surface area contributed by atoms with Crippen molar-refractivity contribution in [1.29, 1.82) is 0 Å². The van der Waals surface area contributed by atoms with Crippen LogP contribution in [0.25, 0.3) is 0 Å². The fourth-order valence-electron chi connectivity index (χ4n) is 4.42. The van der Waals surface area contributed by atoms with Crippen LogP contribution in [0.15, 0.2) is 35.5 Å². The number of hydrogen-bond acceptors (Lipinski definition) is 3. The normalized spacial score (nSPS) is 37.8. The molecule has 0 saturated heterocycles. The second-order valence-corrected chi connectivity index (χ2v) is 8.28. The third kappa shape index (κ3) is 4.50. The van der Waals surface area contributed by atoms with Crippen molar-refractivity contribution < 1.29 is 14.3 Å². The van der Waals surface area contributed by atoms with Gasteiger partial charge in [0.05, 0.1) is 0 Å². The summed E-state index contributed by atoms with van der Waals surface area (Å²) in [5.41, 5.74) is 3.19. The molecule has 0 heterocycles. The van der Waals surface area contributed by atoms with Crippen LogP contribution in [0.2, 0.25) is 0 Å². The molecule has 0 radical (unpaired) electrons. The first-order valence-electron chi connectivity index (χ1n) is 9.30. The minimum Gasteiger partial charge on any atom is -0.462 e. The van der Waals surface area contributed by atoms with Gasteiger partial charge in [-0.1, -0.05) is 42.4 Å². The van der Waals surface area contributed by atoms with E-state index in [1.54, 1.807) is 0 Å². The largest absolute Gasteiger partial charge is 0.462 e. The first-order chi connectivity index (χ1) is 11.6. The average Bonchev–Trinajstić information content (AvgIpc) is 2.73. The molecule has 0 aromatic heterocycles. The summed E-state index contributed by atoms with van der Waals surface area (Å²) < 4.78 is 5.50. The van der Waals surface area contributed by atoms with E-state index in [0.717, 1.165) is 31.3 Å². The molecule has 1 fully saturated rings. The van der Waals surface area contributed by atoms with E-state index in [-0.39, 0.29) is 23.4 Å². The van der Waals surface area contributed by atoms with E-state index in [4.69, 9.17) is 4.74 Å². The summed E-state index contributed by atoms with van der Waals surface area (Å²) in [4.78, 5) is 24.2. The van der Waals surface area contributed by atoms with Gasteiger partial charge in [-0.15, -0.1) is 0 Å². The molecule has 0 spiro atoms. The van der Waals surface area contributed by atoms with Crippen molar-refractivity contribution in [2.75, 3.05) is 0 Å². The number of fused-ring (bicyclic) bond motifs is 1. The van der Waals surface area contributed by atoms with Crippen molar-refractivity contribution in [2.45, 2.75) is 72.8 Å². The second kappa shape index (κ2) is 7.72. The Balaban J connectivity index is 2.37. The van der Waals surface area contributed by atoms with Crippen LogP contribution in [-0.2, 0) is 14.3 Å². The van der Waals surface area contributed by atoms with E-state index in [0.29, 0.717) is 18.1 Å². The number of esters is 1. The number of allylic oxidation sites excluding steroid dienone is 3. The van der Waals surface area contributed by atoms with Gasteiger partial charge in [-0.2, -0.15) is 0 Å². The van der Waals surface area contributed by atoms with Gasteiger partial charge in [-0.05, 0) is 45.4 Å². The summed E-state index contributed by atoms with van der Waals surface area (Å²) in [6, 6.07) is 0. The molecule has 3 nitrogen and oxygen atoms in total. The molecule has 2 aliphatic carbocycles. The molecule has 0 amide bonds. The van der Waals surface area contributed by atoms with E-state index >= 15 is 0 Å². The van der Waals surface area contributed by atoms with Gasteiger partial charge in [-0.3, -0.25) is 9.59 Å². The smallest absolute Gasteiger partial charge is 0.302 e. The maximum absolute atomic E-state index is 12.8. The Kier molecular flexibility index (Phi) is 6.08. The lowest BCUT2D eigenvalue weighted by atomic mass is 9.71. The fraction of sp³-hybridized carbons (Fsp3) is 0.636. The SMILES string of the molecule is C=C(C)[C@H]1CC(=O)[C@]2(C)C/C=C(\C)C[C@H](OC(C)=O)C/C(C)=C/C[C@@H]12. The molecule has 3 heteroatoms. The molecule has 0 aromatic rings.